The van der Waals surface area contributed by atoms with Gasteiger partial charge in [0.15, 0.2) is 0 Å². The summed E-state index contributed by atoms with van der Waals surface area (Å²) in [6.07, 6.45) is 2.92. The topological polar surface area (TPSA) is 88.7 Å². The highest BCUT2D eigenvalue weighted by molar-refractivity contribution is 5.22. The third-order valence-corrected chi connectivity index (χ3v) is 2.34. The van der Waals surface area contributed by atoms with Crippen LogP contribution in [-0.2, 0) is 6.54 Å². The summed E-state index contributed by atoms with van der Waals surface area (Å²) in [5, 5.41) is 7.55. The summed E-state index contributed by atoms with van der Waals surface area (Å²) in [6, 6.07) is 5.21. The molecule has 1 aromatic carbocycles. The molecule has 1 atom stereocenters. The summed E-state index contributed by atoms with van der Waals surface area (Å²) in [5.74, 6) is 0.180. The van der Waals surface area contributed by atoms with Gasteiger partial charge in [-0.1, -0.05) is 5.11 Å². The van der Waals surface area contributed by atoms with Crippen LogP contribution in [0.15, 0.2) is 42.0 Å². The van der Waals surface area contributed by atoms with Crippen molar-refractivity contribution in [2.24, 2.45) is 5.11 Å². The summed E-state index contributed by atoms with van der Waals surface area (Å²) in [4.78, 5) is 6.56. The lowest BCUT2D eigenvalue weighted by Gasteiger charge is -2.12. The fourth-order valence-electron chi connectivity index (χ4n) is 1.46. The van der Waals surface area contributed by atoms with E-state index in [2.05, 4.69) is 20.1 Å². The minimum Gasteiger partial charge on any atom is -0.493 e. The number of hydrogen-bond donors (Lipinski definition) is 0. The SMILES string of the molecule is [N-]=[N+]=N[C@@H](COc1ccc(F)cc1)Cn1cncn1. The molecular weight excluding hydrogens is 251 g/mol. The molecule has 0 spiro atoms. The average Bonchev–Trinajstić information content (AvgIpc) is 2.91. The van der Waals surface area contributed by atoms with Crippen LogP contribution in [0.5, 0.6) is 5.75 Å². The summed E-state index contributed by atoms with van der Waals surface area (Å²) in [6.45, 7) is 0.542. The molecule has 0 unspecified atom stereocenters. The molecule has 0 aliphatic rings. The maximum Gasteiger partial charge on any atom is 0.137 e. The minimum atomic E-state index is -0.420. The van der Waals surface area contributed by atoms with E-state index in [1.165, 1.54) is 36.9 Å². The van der Waals surface area contributed by atoms with E-state index < -0.39 is 6.04 Å². The molecule has 0 aliphatic heterocycles. The first kappa shape index (κ1) is 12.8. The predicted molar refractivity (Wildman–Crippen MR) is 64.9 cm³/mol. The molecule has 0 fully saturated rings. The lowest BCUT2D eigenvalue weighted by molar-refractivity contribution is 0.271. The Morgan fingerprint density at radius 1 is 1.42 bits per heavy atom. The van der Waals surface area contributed by atoms with E-state index in [0.29, 0.717) is 12.3 Å². The number of azide groups is 1. The summed E-state index contributed by atoms with van der Waals surface area (Å²) < 4.78 is 19.7. The summed E-state index contributed by atoms with van der Waals surface area (Å²) >= 11 is 0. The number of halogens is 1. The number of hydrogen-bond acceptors (Lipinski definition) is 4. The van der Waals surface area contributed by atoms with E-state index in [1.807, 2.05) is 0 Å². The van der Waals surface area contributed by atoms with E-state index in [9.17, 15) is 4.39 Å². The maximum absolute atomic E-state index is 12.7. The maximum atomic E-state index is 12.7. The second-order valence-corrected chi connectivity index (χ2v) is 3.74. The van der Waals surface area contributed by atoms with Gasteiger partial charge < -0.3 is 4.74 Å². The first-order valence-electron chi connectivity index (χ1n) is 5.53. The smallest absolute Gasteiger partial charge is 0.137 e. The van der Waals surface area contributed by atoms with Crippen LogP contribution in [-0.4, -0.2) is 27.4 Å². The molecule has 19 heavy (non-hydrogen) atoms. The molecule has 2 aromatic rings. The second kappa shape index (κ2) is 6.36. The van der Waals surface area contributed by atoms with Crippen molar-refractivity contribution in [3.63, 3.8) is 0 Å². The van der Waals surface area contributed by atoms with Crippen molar-refractivity contribution in [2.45, 2.75) is 12.6 Å². The number of rotatable bonds is 6. The van der Waals surface area contributed by atoms with E-state index in [1.54, 1.807) is 4.68 Å². The molecule has 7 nitrogen and oxygen atoms in total. The Hall–Kier alpha value is -2.60. The molecule has 0 saturated carbocycles. The van der Waals surface area contributed by atoms with Crippen LogP contribution in [0.4, 0.5) is 4.39 Å². The molecule has 0 N–H and O–H groups in total. The highest BCUT2D eigenvalue weighted by Crippen LogP contribution is 2.12. The van der Waals surface area contributed by atoms with Crippen molar-refractivity contribution in [2.75, 3.05) is 6.61 Å². The van der Waals surface area contributed by atoms with Gasteiger partial charge in [-0.3, -0.25) is 4.68 Å². The first-order chi connectivity index (χ1) is 9.28. The zero-order valence-electron chi connectivity index (χ0n) is 9.93. The van der Waals surface area contributed by atoms with E-state index in [0.717, 1.165) is 0 Å². The largest absolute Gasteiger partial charge is 0.493 e. The van der Waals surface area contributed by atoms with Crippen molar-refractivity contribution >= 4 is 0 Å². The van der Waals surface area contributed by atoms with Gasteiger partial charge in [-0.15, -0.1) is 0 Å². The van der Waals surface area contributed by atoms with Gasteiger partial charge in [0.1, 0.15) is 24.2 Å². The molecule has 0 saturated heterocycles. The summed E-state index contributed by atoms with van der Waals surface area (Å²) in [5.41, 5.74) is 8.51. The molecule has 0 aliphatic carbocycles. The quantitative estimate of drug-likeness (QED) is 0.454. The first-order valence-corrected chi connectivity index (χ1v) is 5.53. The Labute approximate surface area is 108 Å². The molecule has 1 aromatic heterocycles. The highest BCUT2D eigenvalue weighted by atomic mass is 19.1. The lowest BCUT2D eigenvalue weighted by atomic mass is 10.3. The fourth-order valence-corrected chi connectivity index (χ4v) is 1.46. The Bertz CT molecular complexity index is 549. The van der Waals surface area contributed by atoms with Crippen LogP contribution in [0, 0.1) is 5.82 Å². The van der Waals surface area contributed by atoms with Gasteiger partial charge in [-0.2, -0.15) is 5.10 Å². The number of ether oxygens (including phenoxy) is 1. The van der Waals surface area contributed by atoms with E-state index >= 15 is 0 Å². The molecule has 1 heterocycles. The van der Waals surface area contributed by atoms with Gasteiger partial charge in [0.25, 0.3) is 0 Å². The molecule has 0 bridgehead atoms. The van der Waals surface area contributed by atoms with Crippen LogP contribution in [0.2, 0.25) is 0 Å². The Morgan fingerprint density at radius 3 is 2.84 bits per heavy atom. The molecule has 2 rings (SSSR count). The highest BCUT2D eigenvalue weighted by Gasteiger charge is 2.09. The number of aromatic nitrogens is 3. The fraction of sp³-hybridized carbons (Fsp3) is 0.273. The molecule has 98 valence electrons. The van der Waals surface area contributed by atoms with Crippen molar-refractivity contribution in [3.8, 4) is 5.75 Å². The van der Waals surface area contributed by atoms with Crippen LogP contribution in [0.1, 0.15) is 0 Å². The number of nitrogens with zero attached hydrogens (tertiary/aromatic N) is 6. The van der Waals surface area contributed by atoms with E-state index in [-0.39, 0.29) is 12.4 Å². The molecule has 8 heteroatoms. The van der Waals surface area contributed by atoms with Crippen molar-refractivity contribution in [1.82, 2.24) is 14.8 Å². The van der Waals surface area contributed by atoms with Crippen molar-refractivity contribution < 1.29 is 9.13 Å². The third-order valence-electron chi connectivity index (χ3n) is 2.34. The molecule has 0 amide bonds. The van der Waals surface area contributed by atoms with Crippen LogP contribution in [0.25, 0.3) is 10.4 Å². The predicted octanol–water partition coefficient (Wildman–Crippen LogP) is 2.18. The van der Waals surface area contributed by atoms with Crippen molar-refractivity contribution in [1.29, 1.82) is 0 Å². The Morgan fingerprint density at radius 2 is 2.21 bits per heavy atom. The van der Waals surface area contributed by atoms with Crippen LogP contribution >= 0.6 is 0 Å². The second-order valence-electron chi connectivity index (χ2n) is 3.74. The third kappa shape index (κ3) is 3.97. The van der Waals surface area contributed by atoms with Gasteiger partial charge in [0.2, 0.25) is 0 Å². The lowest BCUT2D eigenvalue weighted by Crippen LogP contribution is -2.22. The zero-order valence-corrected chi connectivity index (χ0v) is 9.93. The van der Waals surface area contributed by atoms with Crippen LogP contribution < -0.4 is 4.74 Å². The molecular formula is C11H11FN6O. The molecule has 0 radical (unpaired) electrons. The van der Waals surface area contributed by atoms with Gasteiger partial charge in [0.05, 0.1) is 19.2 Å². The Kier molecular flexibility index (Phi) is 4.30. The van der Waals surface area contributed by atoms with Gasteiger partial charge >= 0.3 is 0 Å². The van der Waals surface area contributed by atoms with Crippen LogP contribution in [0.3, 0.4) is 0 Å². The number of benzene rings is 1. The van der Waals surface area contributed by atoms with Crippen molar-refractivity contribution in [3.05, 3.63) is 53.2 Å². The standard InChI is InChI=1S/C11H11FN6O/c12-9-1-3-11(4-2-9)19-6-10(16-17-13)5-18-8-14-7-15-18/h1-4,7-8,10H,5-6H2/t10-/m1/s1. The van der Waals surface area contributed by atoms with E-state index in [4.69, 9.17) is 10.3 Å². The van der Waals surface area contributed by atoms with Gasteiger partial charge in [-0.05, 0) is 29.8 Å². The van der Waals surface area contributed by atoms with Gasteiger partial charge in [-0.25, -0.2) is 9.37 Å². The normalized spacial score (nSPS) is 11.6. The monoisotopic (exact) mass is 262 g/mol. The van der Waals surface area contributed by atoms with Gasteiger partial charge in [0, 0.05) is 4.91 Å². The Balaban J connectivity index is 1.93. The minimum absolute atomic E-state index is 0.176. The average molecular weight is 262 g/mol. The summed E-state index contributed by atoms with van der Waals surface area (Å²) in [7, 11) is 0. The zero-order chi connectivity index (χ0) is 13.5.